The Bertz CT molecular complexity index is 674. The minimum Gasteiger partial charge on any atom is -0.461 e. The third kappa shape index (κ3) is 3.43. The van der Waals surface area contributed by atoms with Crippen LogP contribution in [0.5, 0.6) is 0 Å². The Morgan fingerprint density at radius 2 is 1.50 bits per heavy atom. The van der Waals surface area contributed by atoms with Crippen LogP contribution < -0.4 is 0 Å². The molecular formula is C15H15N3O4. The fraction of sp³-hybridized carbons (Fsp3) is 0.267. The Labute approximate surface area is 127 Å². The minimum absolute atomic E-state index is 0.156. The summed E-state index contributed by atoms with van der Waals surface area (Å²) in [5, 5.41) is 7.67. The van der Waals surface area contributed by atoms with Crippen molar-refractivity contribution in [3.05, 3.63) is 41.7 Å². The molecule has 0 spiro atoms. The molecule has 0 radical (unpaired) electrons. The SMILES string of the molecule is CCOC(=O)c1nnc(-c2ccccc2)nc1C(=O)OCC. The number of hydrogen-bond acceptors (Lipinski definition) is 7. The quantitative estimate of drug-likeness (QED) is 0.779. The molecule has 0 aliphatic rings. The van der Waals surface area contributed by atoms with Crippen LogP contribution in [0.3, 0.4) is 0 Å². The van der Waals surface area contributed by atoms with Crippen molar-refractivity contribution in [2.24, 2.45) is 0 Å². The average Bonchev–Trinajstić information content (AvgIpc) is 2.55. The Hall–Kier alpha value is -2.83. The molecule has 1 aromatic carbocycles. The maximum absolute atomic E-state index is 12.0. The summed E-state index contributed by atoms with van der Waals surface area (Å²) in [7, 11) is 0. The lowest BCUT2D eigenvalue weighted by molar-refractivity contribution is 0.0466. The van der Waals surface area contributed by atoms with Gasteiger partial charge in [-0.2, -0.15) is 0 Å². The van der Waals surface area contributed by atoms with Crippen molar-refractivity contribution in [1.29, 1.82) is 0 Å². The number of esters is 2. The van der Waals surface area contributed by atoms with Crippen molar-refractivity contribution >= 4 is 11.9 Å². The summed E-state index contributed by atoms with van der Waals surface area (Å²) < 4.78 is 9.76. The maximum atomic E-state index is 12.0. The first-order chi connectivity index (χ1) is 10.7. The fourth-order valence-electron chi connectivity index (χ4n) is 1.71. The van der Waals surface area contributed by atoms with Crippen LogP contribution in [0.2, 0.25) is 0 Å². The van der Waals surface area contributed by atoms with E-state index in [1.165, 1.54) is 0 Å². The predicted octanol–water partition coefficient (Wildman–Crippen LogP) is 1.89. The first-order valence-corrected chi connectivity index (χ1v) is 6.81. The highest BCUT2D eigenvalue weighted by atomic mass is 16.5. The number of ether oxygens (including phenoxy) is 2. The fourth-order valence-corrected chi connectivity index (χ4v) is 1.71. The van der Waals surface area contributed by atoms with Gasteiger partial charge in [-0.25, -0.2) is 14.6 Å². The molecule has 7 heteroatoms. The smallest absolute Gasteiger partial charge is 0.361 e. The van der Waals surface area contributed by atoms with Crippen molar-refractivity contribution in [2.45, 2.75) is 13.8 Å². The summed E-state index contributed by atoms with van der Waals surface area (Å²) in [6.07, 6.45) is 0. The molecule has 1 heterocycles. The molecule has 1 aromatic heterocycles. The summed E-state index contributed by atoms with van der Waals surface area (Å²) >= 11 is 0. The standard InChI is InChI=1S/C15H15N3O4/c1-3-21-14(19)11-12(15(20)22-4-2)17-18-13(16-11)10-8-6-5-7-9-10/h5-9H,3-4H2,1-2H3. The normalized spacial score (nSPS) is 10.1. The molecule has 2 aromatic rings. The minimum atomic E-state index is -0.759. The Morgan fingerprint density at radius 3 is 2.09 bits per heavy atom. The third-order valence-electron chi connectivity index (χ3n) is 2.66. The van der Waals surface area contributed by atoms with Gasteiger partial charge in [-0.15, -0.1) is 10.2 Å². The van der Waals surface area contributed by atoms with Crippen LogP contribution in [0.25, 0.3) is 11.4 Å². The second kappa shape index (κ2) is 7.26. The van der Waals surface area contributed by atoms with E-state index >= 15 is 0 Å². The highest BCUT2D eigenvalue weighted by Crippen LogP contribution is 2.15. The summed E-state index contributed by atoms with van der Waals surface area (Å²) in [5.74, 6) is -1.26. The second-order valence-electron chi connectivity index (χ2n) is 4.14. The second-order valence-corrected chi connectivity index (χ2v) is 4.14. The number of carbonyl (C=O) groups excluding carboxylic acids is 2. The largest absolute Gasteiger partial charge is 0.461 e. The molecule has 0 N–H and O–H groups in total. The van der Waals surface area contributed by atoms with Gasteiger partial charge in [-0.1, -0.05) is 30.3 Å². The zero-order valence-corrected chi connectivity index (χ0v) is 12.3. The summed E-state index contributed by atoms with van der Waals surface area (Å²) in [4.78, 5) is 28.0. The molecule has 114 valence electrons. The Kier molecular flexibility index (Phi) is 5.13. The van der Waals surface area contributed by atoms with Gasteiger partial charge in [0.1, 0.15) is 0 Å². The van der Waals surface area contributed by atoms with Crippen LogP contribution >= 0.6 is 0 Å². The average molecular weight is 301 g/mol. The van der Waals surface area contributed by atoms with Gasteiger partial charge in [0, 0.05) is 5.56 Å². The molecule has 0 saturated heterocycles. The highest BCUT2D eigenvalue weighted by molar-refractivity contribution is 6.00. The molecular weight excluding hydrogens is 286 g/mol. The van der Waals surface area contributed by atoms with Crippen LogP contribution in [0.15, 0.2) is 30.3 Å². The molecule has 0 aliphatic heterocycles. The Balaban J connectivity index is 2.48. The van der Waals surface area contributed by atoms with E-state index in [1.807, 2.05) is 18.2 Å². The first kappa shape index (κ1) is 15.6. The number of hydrogen-bond donors (Lipinski definition) is 0. The van der Waals surface area contributed by atoms with Crippen molar-refractivity contribution in [1.82, 2.24) is 15.2 Å². The van der Waals surface area contributed by atoms with E-state index in [-0.39, 0.29) is 30.4 Å². The monoisotopic (exact) mass is 301 g/mol. The van der Waals surface area contributed by atoms with Gasteiger partial charge in [0.25, 0.3) is 0 Å². The van der Waals surface area contributed by atoms with Gasteiger partial charge in [0.2, 0.25) is 5.69 Å². The lowest BCUT2D eigenvalue weighted by Crippen LogP contribution is -2.19. The van der Waals surface area contributed by atoms with Gasteiger partial charge < -0.3 is 9.47 Å². The predicted molar refractivity (Wildman–Crippen MR) is 77.2 cm³/mol. The van der Waals surface area contributed by atoms with Crippen LogP contribution in [0.1, 0.15) is 34.8 Å². The molecule has 22 heavy (non-hydrogen) atoms. The summed E-state index contributed by atoms with van der Waals surface area (Å²) in [5.41, 5.74) is 0.227. The number of benzene rings is 1. The van der Waals surface area contributed by atoms with Crippen molar-refractivity contribution in [2.75, 3.05) is 13.2 Å². The molecule has 2 rings (SSSR count). The molecule has 0 amide bonds. The lowest BCUT2D eigenvalue weighted by atomic mass is 10.2. The van der Waals surface area contributed by atoms with E-state index in [4.69, 9.17) is 9.47 Å². The van der Waals surface area contributed by atoms with E-state index in [2.05, 4.69) is 15.2 Å². The zero-order valence-electron chi connectivity index (χ0n) is 12.3. The lowest BCUT2D eigenvalue weighted by Gasteiger charge is -2.07. The number of carbonyl (C=O) groups is 2. The number of aromatic nitrogens is 3. The van der Waals surface area contributed by atoms with Crippen molar-refractivity contribution in [3.8, 4) is 11.4 Å². The zero-order chi connectivity index (χ0) is 15.9. The molecule has 0 aliphatic carbocycles. The van der Waals surface area contributed by atoms with E-state index in [0.717, 1.165) is 0 Å². The van der Waals surface area contributed by atoms with E-state index in [0.29, 0.717) is 5.56 Å². The van der Waals surface area contributed by atoms with Crippen LogP contribution in [0.4, 0.5) is 0 Å². The van der Waals surface area contributed by atoms with Gasteiger partial charge in [0.15, 0.2) is 11.5 Å². The van der Waals surface area contributed by atoms with Crippen molar-refractivity contribution < 1.29 is 19.1 Å². The van der Waals surface area contributed by atoms with Crippen LogP contribution in [-0.2, 0) is 9.47 Å². The summed E-state index contributed by atoms with van der Waals surface area (Å²) in [6, 6.07) is 9.01. The first-order valence-electron chi connectivity index (χ1n) is 6.81. The van der Waals surface area contributed by atoms with Gasteiger partial charge >= 0.3 is 11.9 Å². The van der Waals surface area contributed by atoms with Gasteiger partial charge in [0.05, 0.1) is 13.2 Å². The molecule has 0 saturated carbocycles. The van der Waals surface area contributed by atoms with E-state index < -0.39 is 11.9 Å². The van der Waals surface area contributed by atoms with Crippen molar-refractivity contribution in [3.63, 3.8) is 0 Å². The summed E-state index contributed by atoms with van der Waals surface area (Å²) in [6.45, 7) is 3.63. The topological polar surface area (TPSA) is 91.3 Å². The molecule has 0 unspecified atom stereocenters. The van der Waals surface area contributed by atoms with Crippen LogP contribution in [-0.4, -0.2) is 40.3 Å². The molecule has 0 atom stereocenters. The van der Waals surface area contributed by atoms with Gasteiger partial charge in [-0.05, 0) is 13.8 Å². The Morgan fingerprint density at radius 1 is 0.909 bits per heavy atom. The molecule has 7 nitrogen and oxygen atoms in total. The number of rotatable bonds is 5. The van der Waals surface area contributed by atoms with Crippen LogP contribution in [0, 0.1) is 0 Å². The molecule has 0 fully saturated rings. The van der Waals surface area contributed by atoms with Gasteiger partial charge in [-0.3, -0.25) is 0 Å². The number of nitrogens with zero attached hydrogens (tertiary/aromatic N) is 3. The van der Waals surface area contributed by atoms with E-state index in [1.54, 1.807) is 26.0 Å². The third-order valence-corrected chi connectivity index (χ3v) is 2.66. The maximum Gasteiger partial charge on any atom is 0.361 e. The molecule has 0 bridgehead atoms. The highest BCUT2D eigenvalue weighted by Gasteiger charge is 2.24. The van der Waals surface area contributed by atoms with E-state index in [9.17, 15) is 9.59 Å².